The molecule has 1 aliphatic heterocycles. The minimum atomic E-state index is -1.57. The molecule has 1 aliphatic rings. The van der Waals surface area contributed by atoms with Gasteiger partial charge in [-0.2, -0.15) is 0 Å². The van der Waals surface area contributed by atoms with E-state index < -0.39 is 94.9 Å². The van der Waals surface area contributed by atoms with Crippen LogP contribution in [0, 0.1) is 0 Å². The molecular formula is C59H91N7O14. The van der Waals surface area contributed by atoms with Gasteiger partial charge in [0, 0.05) is 50.7 Å². The first-order valence-corrected chi connectivity index (χ1v) is 28.1. The lowest BCUT2D eigenvalue weighted by Crippen LogP contribution is -2.56. The Morgan fingerprint density at radius 2 is 1.36 bits per heavy atom. The summed E-state index contributed by atoms with van der Waals surface area (Å²) in [5, 5.41) is 25.1. The molecule has 21 heteroatoms. The highest BCUT2D eigenvalue weighted by Crippen LogP contribution is 2.40. The highest BCUT2D eigenvalue weighted by Gasteiger charge is 2.37. The van der Waals surface area contributed by atoms with Gasteiger partial charge in [-0.25, -0.2) is 14.4 Å². The van der Waals surface area contributed by atoms with Crippen molar-refractivity contribution in [2.24, 2.45) is 0 Å². The highest BCUT2D eigenvalue weighted by molar-refractivity contribution is 5.97. The van der Waals surface area contributed by atoms with Gasteiger partial charge < -0.3 is 60.4 Å². The molecule has 2 aromatic rings. The molecule has 6 N–H and O–H groups in total. The summed E-state index contributed by atoms with van der Waals surface area (Å²) < 4.78 is 22.2. The molecule has 0 saturated heterocycles. The topological polar surface area (TPSA) is 277 Å². The molecule has 0 aliphatic carbocycles. The Hall–Kier alpha value is -6.93. The molecule has 21 nitrogen and oxygen atoms in total. The van der Waals surface area contributed by atoms with Crippen molar-refractivity contribution < 1.29 is 67.2 Å². The van der Waals surface area contributed by atoms with Gasteiger partial charge >= 0.3 is 18.3 Å². The summed E-state index contributed by atoms with van der Waals surface area (Å²) in [6.45, 7) is 22.2. The lowest BCUT2D eigenvalue weighted by Gasteiger charge is -2.33. The molecule has 7 amide bonds. The first kappa shape index (κ1) is 67.3. The fraction of sp³-hybridized carbons (Fsp3) is 0.644. The maximum atomic E-state index is 15.1. The molecule has 0 saturated carbocycles. The van der Waals surface area contributed by atoms with Gasteiger partial charge in [-0.1, -0.05) is 64.0 Å². The number of aromatic hydroxyl groups is 1. The standard InChI is InChI=1S/C59H91N7O14/c1-15-16-17-18-19-20-21-24-32-66(55(75)79-58(8,9)10)33-30-48(69)63-44(25-22-23-31-60-54(74)78-57(5,6)7)53(73)65(14)49-41-27-28-46(68)42(36-41)43-34-40(26-29-47(43)77-56(76)80-59(11,12)13)35-45(51(71)61-37(2)39(4)67)64-50(70)38(3)62-52(49)72/h26-29,34,36-38,44-45,49,68H,15-25,30-33,35H2,1-14H3,(H,60,74)(H,61,71)(H,62,72)(H,63,69)(H,64,70)/t37-,38-,44-,45-,49-/m0/s1. The lowest BCUT2D eigenvalue weighted by molar-refractivity contribution is -0.143. The summed E-state index contributed by atoms with van der Waals surface area (Å²) in [5.74, 6) is -4.46. The highest BCUT2D eigenvalue weighted by atomic mass is 16.7. The summed E-state index contributed by atoms with van der Waals surface area (Å²) in [7, 11) is 1.35. The fourth-order valence-corrected chi connectivity index (χ4v) is 8.54. The van der Waals surface area contributed by atoms with Crippen LogP contribution in [0.15, 0.2) is 36.4 Å². The van der Waals surface area contributed by atoms with Gasteiger partial charge in [-0.05, 0) is 144 Å². The van der Waals surface area contributed by atoms with Gasteiger partial charge in [0.15, 0.2) is 5.78 Å². The number of likely N-dealkylation sites (N-methyl/N-ethyl adjacent to an activating group) is 1. The van der Waals surface area contributed by atoms with Gasteiger partial charge in [0.1, 0.15) is 52.5 Å². The second-order valence-electron chi connectivity index (χ2n) is 23.6. The minimum Gasteiger partial charge on any atom is -0.507 e. The minimum absolute atomic E-state index is 0.0197. The van der Waals surface area contributed by atoms with Crippen molar-refractivity contribution in [1.29, 1.82) is 0 Å². The number of hydrogen-bond donors (Lipinski definition) is 6. The van der Waals surface area contributed by atoms with Gasteiger partial charge in [0.25, 0.3) is 0 Å². The molecule has 2 aromatic carbocycles. The molecule has 5 atom stereocenters. The number of fused-ring (bicyclic) bond motifs is 5. The number of amides is 7. The van der Waals surface area contributed by atoms with Crippen LogP contribution in [0.25, 0.3) is 11.1 Å². The Bertz CT molecular complexity index is 2460. The summed E-state index contributed by atoms with van der Waals surface area (Å²) >= 11 is 0. The van der Waals surface area contributed by atoms with Crippen LogP contribution in [0.2, 0.25) is 0 Å². The van der Waals surface area contributed by atoms with E-state index >= 15 is 4.79 Å². The zero-order valence-corrected chi connectivity index (χ0v) is 49.8. The predicted molar refractivity (Wildman–Crippen MR) is 302 cm³/mol. The van der Waals surface area contributed by atoms with Crippen LogP contribution in [-0.4, -0.2) is 136 Å². The van der Waals surface area contributed by atoms with Crippen LogP contribution in [-0.2, 0) is 49.4 Å². The SMILES string of the molecule is CCCCCCCCCCN(CCC(=O)N[C@@H](CCCCNC(=O)OC(C)(C)C)C(=O)N(C)[C@@H]1C(=O)N[C@@H](C)C(=O)N[C@H](C(=O)N[C@@H](C)C(C)=O)Cc2ccc(OC(=O)OC(C)(C)C)c(c2)-c2cc1ccc2O)C(=O)OC(C)(C)C. The monoisotopic (exact) mass is 1120 g/mol. The van der Waals surface area contributed by atoms with E-state index in [1.54, 1.807) is 68.4 Å². The van der Waals surface area contributed by atoms with Crippen LogP contribution < -0.4 is 31.3 Å². The fourth-order valence-electron chi connectivity index (χ4n) is 8.54. The molecule has 0 fully saturated rings. The summed E-state index contributed by atoms with van der Waals surface area (Å²) in [4.78, 5) is 126. The number of ether oxygens (including phenoxy) is 4. The van der Waals surface area contributed by atoms with Gasteiger partial charge in [-0.3, -0.25) is 28.8 Å². The van der Waals surface area contributed by atoms with Crippen LogP contribution >= 0.6 is 0 Å². The average molecular weight is 1120 g/mol. The van der Waals surface area contributed by atoms with E-state index in [4.69, 9.17) is 18.9 Å². The number of nitrogens with zero attached hydrogens (tertiary/aromatic N) is 2. The van der Waals surface area contributed by atoms with Gasteiger partial charge in [-0.15, -0.1) is 0 Å². The van der Waals surface area contributed by atoms with Crippen molar-refractivity contribution in [2.75, 3.05) is 26.7 Å². The molecule has 0 radical (unpaired) electrons. The molecule has 0 unspecified atom stereocenters. The number of phenolic OH excluding ortho intramolecular Hbond substituents is 1. The summed E-state index contributed by atoms with van der Waals surface area (Å²) in [6, 6.07) is 2.21. The predicted octanol–water partition coefficient (Wildman–Crippen LogP) is 8.46. The third-order valence-electron chi connectivity index (χ3n) is 12.8. The Morgan fingerprint density at radius 3 is 1.98 bits per heavy atom. The largest absolute Gasteiger partial charge is 0.514 e. The Balaban J connectivity index is 2.13. The number of rotatable bonds is 24. The van der Waals surface area contributed by atoms with Gasteiger partial charge in [0.2, 0.25) is 29.5 Å². The molecule has 446 valence electrons. The van der Waals surface area contributed by atoms with E-state index in [1.165, 1.54) is 75.9 Å². The van der Waals surface area contributed by atoms with E-state index in [0.717, 1.165) is 37.0 Å². The molecule has 0 spiro atoms. The summed E-state index contributed by atoms with van der Waals surface area (Å²) in [5.41, 5.74) is -1.83. The van der Waals surface area contributed by atoms with Crippen molar-refractivity contribution >= 4 is 53.7 Å². The van der Waals surface area contributed by atoms with Crippen molar-refractivity contribution in [3.63, 3.8) is 0 Å². The zero-order valence-electron chi connectivity index (χ0n) is 49.8. The maximum Gasteiger partial charge on any atom is 0.514 e. The molecule has 4 bridgehead atoms. The van der Waals surface area contributed by atoms with E-state index in [1.807, 2.05) is 0 Å². The number of alkyl carbamates (subject to hydrolysis) is 1. The van der Waals surface area contributed by atoms with Crippen molar-refractivity contribution in [3.8, 4) is 22.6 Å². The normalized spacial score (nSPS) is 16.5. The second kappa shape index (κ2) is 31.2. The first-order valence-electron chi connectivity index (χ1n) is 28.1. The van der Waals surface area contributed by atoms with E-state index in [0.29, 0.717) is 24.9 Å². The van der Waals surface area contributed by atoms with Crippen LogP contribution in [0.4, 0.5) is 14.4 Å². The molecule has 80 heavy (non-hydrogen) atoms. The molecule has 1 heterocycles. The quantitative estimate of drug-likeness (QED) is 0.0249. The van der Waals surface area contributed by atoms with Crippen molar-refractivity contribution in [2.45, 2.75) is 220 Å². The van der Waals surface area contributed by atoms with Crippen LogP contribution in [0.3, 0.4) is 0 Å². The molecular weight excluding hydrogens is 1030 g/mol. The third-order valence-corrected chi connectivity index (χ3v) is 12.8. The number of phenols is 1. The van der Waals surface area contributed by atoms with Crippen molar-refractivity contribution in [3.05, 3.63) is 47.5 Å². The number of ketones is 1. The number of hydrogen-bond acceptors (Lipinski definition) is 14. The Kier molecular flexibility index (Phi) is 26.2. The first-order chi connectivity index (χ1) is 37.3. The van der Waals surface area contributed by atoms with Crippen molar-refractivity contribution in [1.82, 2.24) is 36.4 Å². The van der Waals surface area contributed by atoms with E-state index in [-0.39, 0.29) is 72.7 Å². The molecule has 3 rings (SSSR count). The number of carbonyl (C=O) groups is 9. The average Bonchev–Trinajstić information content (AvgIpc) is 3.33. The third kappa shape index (κ3) is 23.8. The number of unbranched alkanes of at least 4 members (excludes halogenated alkanes) is 8. The van der Waals surface area contributed by atoms with E-state index in [2.05, 4.69) is 33.5 Å². The van der Waals surface area contributed by atoms with Gasteiger partial charge in [0.05, 0.1) is 6.04 Å². The number of carbonyl (C=O) groups excluding carboxylic acids is 9. The van der Waals surface area contributed by atoms with Crippen LogP contribution in [0.1, 0.15) is 184 Å². The maximum absolute atomic E-state index is 15.1. The number of nitrogens with one attached hydrogen (secondary N) is 5. The Morgan fingerprint density at radius 1 is 0.738 bits per heavy atom. The second-order valence-corrected chi connectivity index (χ2v) is 23.6. The van der Waals surface area contributed by atoms with E-state index in [9.17, 15) is 43.5 Å². The lowest BCUT2D eigenvalue weighted by atomic mass is 9.93. The summed E-state index contributed by atoms with van der Waals surface area (Å²) in [6.07, 6.45) is 6.35. The Labute approximate surface area is 473 Å². The zero-order chi connectivity index (χ0) is 60.1. The number of benzene rings is 2. The smallest absolute Gasteiger partial charge is 0.507 e. The molecule has 0 aromatic heterocycles. The number of Topliss-reactive ketones (excluding diaryl/α,β-unsaturated/α-hetero) is 1. The van der Waals surface area contributed by atoms with Crippen LogP contribution in [0.5, 0.6) is 11.5 Å².